The number of carboxylic acids is 1. The molecule has 0 aliphatic rings. The summed E-state index contributed by atoms with van der Waals surface area (Å²) in [4.78, 5) is 22.8. The van der Waals surface area contributed by atoms with E-state index in [1.807, 2.05) is 0 Å². The standard InChI is InChI=1S/C25H16ClN7O9S2.2Na/c26-23-28-24(30-25(29-23)33-9-7-13(8-10-33)22(35)36)27-15-5-6-16-14(11-15)12-18(43-42-41-37)20(21(16)34)32-31-17-3-1-2-4-19(17)44(38,39)40;;/h1-12H,(H4-,27,28,29,30,34,35,36,37,38,39,40);;/q;2*+1/p-2. The molecular weight excluding hydrogens is 688 g/mol. The maximum atomic E-state index is 11.6. The van der Waals surface area contributed by atoms with Crippen molar-refractivity contribution in [3.05, 3.63) is 83.9 Å². The van der Waals surface area contributed by atoms with Crippen molar-refractivity contribution in [2.75, 3.05) is 5.32 Å². The van der Waals surface area contributed by atoms with Gasteiger partial charge in [0, 0.05) is 16.6 Å². The van der Waals surface area contributed by atoms with Crippen molar-refractivity contribution in [3.8, 4) is 11.7 Å². The van der Waals surface area contributed by atoms with Gasteiger partial charge >= 0.3 is 76.3 Å². The number of aromatic hydroxyl groups is 1. The van der Waals surface area contributed by atoms with E-state index in [-0.39, 0.29) is 104 Å². The van der Waals surface area contributed by atoms with Crippen molar-refractivity contribution in [2.24, 2.45) is 10.2 Å². The third kappa shape index (κ3) is 8.95. The largest absolute Gasteiger partial charge is 1.00 e. The number of benzene rings is 3. The molecule has 2 N–H and O–H groups in total. The summed E-state index contributed by atoms with van der Waals surface area (Å²) < 4.78 is 40.6. The summed E-state index contributed by atoms with van der Waals surface area (Å²) in [6.07, 6.45) is 2.80. The van der Waals surface area contributed by atoms with Gasteiger partial charge in [-0.1, -0.05) is 12.1 Å². The quantitative estimate of drug-likeness (QED) is 0.0271. The van der Waals surface area contributed by atoms with E-state index in [0.29, 0.717) is 23.1 Å². The van der Waals surface area contributed by atoms with Crippen LogP contribution in [0.2, 0.25) is 5.28 Å². The molecule has 0 aliphatic carbocycles. The first-order valence-corrected chi connectivity index (χ1v) is 14.4. The molecule has 0 bridgehead atoms. The van der Waals surface area contributed by atoms with Gasteiger partial charge in [0.05, 0.1) is 40.2 Å². The number of nitrogens with one attached hydrogen (secondary N) is 1. The Balaban J connectivity index is 0.00000288. The van der Waals surface area contributed by atoms with Crippen molar-refractivity contribution < 1.29 is 106 Å². The fourth-order valence-corrected chi connectivity index (χ4v) is 5.09. The number of halogens is 1. The van der Waals surface area contributed by atoms with Gasteiger partial charge in [0.1, 0.15) is 21.5 Å². The molecule has 224 valence electrons. The Hall–Kier alpha value is -2.82. The van der Waals surface area contributed by atoms with Gasteiger partial charge in [-0.15, -0.1) is 10.2 Å². The van der Waals surface area contributed by atoms with E-state index in [9.17, 15) is 33.2 Å². The molecule has 0 radical (unpaired) electrons. The number of hydrogen-bond donors (Lipinski definition) is 2. The summed E-state index contributed by atoms with van der Waals surface area (Å²) in [7, 11) is -4.88. The van der Waals surface area contributed by atoms with E-state index in [4.69, 9.17) is 11.6 Å². The normalized spacial score (nSPS) is 11.2. The van der Waals surface area contributed by atoms with Crippen LogP contribution in [-0.4, -0.2) is 39.0 Å². The van der Waals surface area contributed by atoms with Gasteiger partial charge < -0.3 is 30.1 Å². The number of pyridine rings is 1. The molecule has 46 heavy (non-hydrogen) atoms. The third-order valence-corrected chi connectivity index (χ3v) is 7.41. The molecule has 0 fully saturated rings. The Labute approximate surface area is 312 Å². The average Bonchev–Trinajstić information content (AvgIpc) is 2.99. The van der Waals surface area contributed by atoms with Crippen LogP contribution in [0.3, 0.4) is 0 Å². The van der Waals surface area contributed by atoms with Crippen molar-refractivity contribution in [2.45, 2.75) is 9.79 Å². The number of carbonyl (C=O) groups excluding carboxylic acids is 1. The summed E-state index contributed by atoms with van der Waals surface area (Å²) >= 11 is 6.47. The number of nitrogens with zero attached hydrogens (tertiary/aromatic N) is 6. The second kappa shape index (κ2) is 16.3. The Morgan fingerprint density at radius 2 is 1.74 bits per heavy atom. The van der Waals surface area contributed by atoms with Gasteiger partial charge in [-0.3, -0.25) is 5.04 Å². The van der Waals surface area contributed by atoms with E-state index in [1.165, 1.54) is 59.4 Å². The van der Waals surface area contributed by atoms with Gasteiger partial charge in [0.25, 0.3) is 0 Å². The Kier molecular flexibility index (Phi) is 13.4. The number of fused-ring (bicyclic) bond motifs is 1. The van der Waals surface area contributed by atoms with Crippen LogP contribution in [0.5, 0.6) is 5.75 Å². The van der Waals surface area contributed by atoms with E-state index >= 15 is 0 Å². The summed E-state index contributed by atoms with van der Waals surface area (Å²) in [5.74, 6) is -1.67. The molecular formula is C25H14ClN7Na2O9S2. The zero-order valence-electron chi connectivity index (χ0n) is 23.5. The van der Waals surface area contributed by atoms with Crippen molar-refractivity contribution in [1.29, 1.82) is 0 Å². The van der Waals surface area contributed by atoms with Crippen LogP contribution in [0.15, 0.2) is 93.1 Å². The first kappa shape index (κ1) is 37.6. The molecule has 16 nitrogen and oxygen atoms in total. The number of aromatic nitrogens is 4. The van der Waals surface area contributed by atoms with Crippen LogP contribution < -0.4 is 79.4 Å². The van der Waals surface area contributed by atoms with Gasteiger partial charge in [0.2, 0.25) is 0 Å². The monoisotopic (exact) mass is 701 g/mol. The molecule has 0 unspecified atom stereocenters. The second-order valence-corrected chi connectivity index (χ2v) is 10.9. The number of carboxylic acid groups (broad SMARTS) is 1. The number of aromatic carboxylic acids is 1. The number of hydrogen-bond acceptors (Lipinski definition) is 16. The molecule has 2 aromatic heterocycles. The molecule has 3 aromatic carbocycles. The molecule has 0 spiro atoms. The van der Waals surface area contributed by atoms with Gasteiger partial charge in [-0.25, -0.2) is 13.0 Å². The van der Waals surface area contributed by atoms with Crippen LogP contribution in [0.1, 0.15) is 10.4 Å². The van der Waals surface area contributed by atoms with E-state index in [0.717, 1.165) is 6.07 Å². The average molecular weight is 702 g/mol. The number of anilines is 2. The minimum absolute atomic E-state index is 0. The van der Waals surface area contributed by atoms with E-state index in [2.05, 4.69) is 39.9 Å². The summed E-state index contributed by atoms with van der Waals surface area (Å²) in [6, 6.07) is 13.8. The Morgan fingerprint density at radius 3 is 2.41 bits per heavy atom. The number of carbonyl (C=O) groups is 1. The number of phenols is 1. The maximum Gasteiger partial charge on any atom is 1.00 e. The van der Waals surface area contributed by atoms with Crippen molar-refractivity contribution in [1.82, 2.24) is 15.0 Å². The number of azo groups is 1. The zero-order chi connectivity index (χ0) is 31.4. The molecule has 0 aliphatic heterocycles. The third-order valence-electron chi connectivity index (χ3n) is 5.74. The van der Waals surface area contributed by atoms with Crippen LogP contribution in [-0.2, 0) is 19.5 Å². The van der Waals surface area contributed by atoms with Crippen molar-refractivity contribution >= 4 is 73.5 Å². The minimum atomic E-state index is -4.88. The van der Waals surface area contributed by atoms with Crippen molar-refractivity contribution in [3.63, 3.8) is 0 Å². The van der Waals surface area contributed by atoms with E-state index < -0.39 is 26.7 Å². The van der Waals surface area contributed by atoms with Crippen LogP contribution in [0, 0.1) is 0 Å². The fraction of sp³-hybridized carbons (Fsp3) is 0. The molecule has 5 rings (SSSR count). The summed E-state index contributed by atoms with van der Waals surface area (Å²) in [5, 5.41) is 47.2. The molecule has 0 amide bonds. The van der Waals surface area contributed by atoms with Gasteiger partial charge in [0.15, 0.2) is 5.75 Å². The molecule has 0 saturated heterocycles. The molecule has 0 saturated carbocycles. The van der Waals surface area contributed by atoms with Gasteiger partial charge in [-0.05, 0) is 75.5 Å². The van der Waals surface area contributed by atoms with Crippen LogP contribution >= 0.6 is 23.6 Å². The topological polar surface area (TPSA) is 238 Å². The molecule has 0 atom stereocenters. The predicted molar refractivity (Wildman–Crippen MR) is 146 cm³/mol. The first-order chi connectivity index (χ1) is 21.0. The Bertz CT molecular complexity index is 2040. The van der Waals surface area contributed by atoms with Crippen LogP contribution in [0.4, 0.5) is 23.0 Å². The first-order valence-electron chi connectivity index (χ1n) is 11.8. The Morgan fingerprint density at radius 1 is 1.02 bits per heavy atom. The van der Waals surface area contributed by atoms with Gasteiger partial charge in [-0.2, -0.15) is 9.32 Å². The molecule has 5 aromatic rings. The fourth-order valence-electron chi connectivity index (χ4n) is 3.83. The smallest absolute Gasteiger partial charge is 0.744 e. The minimum Gasteiger partial charge on any atom is -0.744 e. The summed E-state index contributed by atoms with van der Waals surface area (Å²) in [6.45, 7) is 0. The second-order valence-electron chi connectivity index (χ2n) is 8.48. The number of rotatable bonds is 10. The maximum absolute atomic E-state index is 11.6. The predicted octanol–water partition coefficient (Wildman–Crippen LogP) is -3.67. The number of phenolic OH excluding ortho intramolecular Hbond substituents is 1. The molecule has 21 heteroatoms. The van der Waals surface area contributed by atoms with Crippen LogP contribution in [0.25, 0.3) is 16.7 Å². The molecule has 2 heterocycles. The van der Waals surface area contributed by atoms with E-state index in [1.54, 1.807) is 12.1 Å². The zero-order valence-corrected chi connectivity index (χ0v) is 29.9. The summed E-state index contributed by atoms with van der Waals surface area (Å²) in [5.41, 5.74) is -0.118. The SMILES string of the molecule is O=C([O-])c1cc[n+](-c2nc(Cl)nc(Nc3ccc4c(O)c(N=Nc5ccccc5S(=O)(=O)[O-])c(SOO[O-])cc4c3)n2)cc1.[Na+].[Na+].